The summed E-state index contributed by atoms with van der Waals surface area (Å²) in [4.78, 5) is 24.7. The van der Waals surface area contributed by atoms with Gasteiger partial charge in [-0.1, -0.05) is 49.7 Å². The number of unbranched alkanes of at least 4 members (excludes halogenated alkanes) is 1. The molecule has 1 aliphatic rings. The third-order valence-corrected chi connectivity index (χ3v) is 3.86. The molecule has 0 aromatic heterocycles. The quantitative estimate of drug-likeness (QED) is 0.469. The number of Topliss-reactive ketones (excluding diaryl/α,β-unsaturated/α-hetero) is 2. The molecule has 2 aromatic rings. The van der Waals surface area contributed by atoms with Crippen LogP contribution >= 0.6 is 0 Å². The summed E-state index contributed by atoms with van der Waals surface area (Å²) in [6.45, 7) is 2.81. The van der Waals surface area contributed by atoms with Crippen molar-refractivity contribution in [3.05, 3.63) is 70.8 Å². The Labute approximate surface area is 135 Å². The highest BCUT2D eigenvalue weighted by molar-refractivity contribution is 6.41. The predicted molar refractivity (Wildman–Crippen MR) is 89.9 cm³/mol. The smallest absolute Gasteiger partial charge is 0.197 e. The predicted octanol–water partition coefficient (Wildman–Crippen LogP) is 4.33. The van der Waals surface area contributed by atoms with E-state index in [2.05, 4.69) is 6.92 Å². The van der Waals surface area contributed by atoms with Crippen LogP contribution in [-0.4, -0.2) is 18.2 Å². The lowest BCUT2D eigenvalue weighted by atomic mass is 10.1. The number of carbonyl (C=O) groups is 2. The third-order valence-electron chi connectivity index (χ3n) is 3.86. The molecule has 0 saturated heterocycles. The van der Waals surface area contributed by atoms with Crippen molar-refractivity contribution in [3.63, 3.8) is 0 Å². The van der Waals surface area contributed by atoms with Gasteiger partial charge in [-0.3, -0.25) is 9.59 Å². The minimum Gasteiger partial charge on any atom is -0.494 e. The number of hydrogen-bond acceptors (Lipinski definition) is 3. The second kappa shape index (κ2) is 6.61. The lowest BCUT2D eigenvalue weighted by Gasteiger charge is -2.05. The average Bonchev–Trinajstić information content (AvgIpc) is 2.82. The summed E-state index contributed by atoms with van der Waals surface area (Å²) in [6.07, 6.45) is 3.77. The van der Waals surface area contributed by atoms with Crippen molar-refractivity contribution in [1.29, 1.82) is 0 Å². The summed E-state index contributed by atoms with van der Waals surface area (Å²) in [5, 5.41) is 0. The number of fused-ring (bicyclic) bond motifs is 1. The molecule has 0 bridgehead atoms. The van der Waals surface area contributed by atoms with Gasteiger partial charge in [0.25, 0.3) is 0 Å². The van der Waals surface area contributed by atoms with Crippen molar-refractivity contribution in [2.75, 3.05) is 6.61 Å². The van der Waals surface area contributed by atoms with Crippen LogP contribution < -0.4 is 4.74 Å². The second-order valence-electron chi connectivity index (χ2n) is 5.53. The molecule has 0 atom stereocenters. The van der Waals surface area contributed by atoms with Crippen LogP contribution in [-0.2, 0) is 0 Å². The molecule has 3 heteroatoms. The van der Waals surface area contributed by atoms with Crippen molar-refractivity contribution >= 4 is 17.6 Å². The first-order valence-corrected chi connectivity index (χ1v) is 7.83. The van der Waals surface area contributed by atoms with Gasteiger partial charge in [0.15, 0.2) is 11.6 Å². The molecule has 0 spiro atoms. The van der Waals surface area contributed by atoms with E-state index < -0.39 is 0 Å². The molecule has 1 aliphatic carbocycles. The van der Waals surface area contributed by atoms with E-state index in [1.54, 1.807) is 30.3 Å². The van der Waals surface area contributed by atoms with Gasteiger partial charge in [0, 0.05) is 11.1 Å². The number of allylic oxidation sites excluding steroid dienone is 1. The average molecular weight is 306 g/mol. The van der Waals surface area contributed by atoms with E-state index in [1.165, 1.54) is 0 Å². The van der Waals surface area contributed by atoms with E-state index in [-0.39, 0.29) is 17.1 Å². The Bertz CT molecular complexity index is 733. The first kappa shape index (κ1) is 15.2. The Morgan fingerprint density at radius 2 is 1.52 bits per heavy atom. The molecular formula is C20H18O3. The lowest BCUT2D eigenvalue weighted by molar-refractivity contribution is 0.0990. The molecule has 0 unspecified atom stereocenters. The molecule has 0 saturated carbocycles. The summed E-state index contributed by atoms with van der Waals surface area (Å²) in [5.74, 6) is 0.399. The van der Waals surface area contributed by atoms with Gasteiger partial charge in [-0.15, -0.1) is 0 Å². The van der Waals surface area contributed by atoms with E-state index in [1.807, 2.05) is 24.3 Å². The van der Waals surface area contributed by atoms with Gasteiger partial charge in [-0.25, -0.2) is 0 Å². The van der Waals surface area contributed by atoms with Crippen LogP contribution in [0.2, 0.25) is 0 Å². The van der Waals surface area contributed by atoms with Crippen molar-refractivity contribution in [2.45, 2.75) is 19.8 Å². The lowest BCUT2D eigenvalue weighted by Crippen LogP contribution is -2.00. The molecule has 0 radical (unpaired) electrons. The van der Waals surface area contributed by atoms with Gasteiger partial charge < -0.3 is 4.74 Å². The first-order valence-electron chi connectivity index (χ1n) is 7.83. The molecule has 0 N–H and O–H groups in total. The monoisotopic (exact) mass is 306 g/mol. The zero-order valence-corrected chi connectivity index (χ0v) is 13.0. The minimum atomic E-state index is -0.200. The number of ketones is 2. The Kier molecular flexibility index (Phi) is 4.38. The van der Waals surface area contributed by atoms with Crippen LogP contribution in [0.25, 0.3) is 6.08 Å². The molecule has 0 heterocycles. The summed E-state index contributed by atoms with van der Waals surface area (Å²) in [7, 11) is 0. The Morgan fingerprint density at radius 1 is 0.913 bits per heavy atom. The van der Waals surface area contributed by atoms with Gasteiger partial charge in [0.05, 0.1) is 12.2 Å². The molecule has 3 rings (SSSR count). The van der Waals surface area contributed by atoms with Crippen LogP contribution in [0.4, 0.5) is 0 Å². The number of benzene rings is 2. The van der Waals surface area contributed by atoms with E-state index in [9.17, 15) is 9.59 Å². The summed E-state index contributed by atoms with van der Waals surface area (Å²) < 4.78 is 5.61. The van der Waals surface area contributed by atoms with E-state index >= 15 is 0 Å². The summed E-state index contributed by atoms with van der Waals surface area (Å²) in [6, 6.07) is 14.4. The van der Waals surface area contributed by atoms with Crippen molar-refractivity contribution in [1.82, 2.24) is 0 Å². The maximum Gasteiger partial charge on any atom is 0.197 e. The Balaban J connectivity index is 1.80. The molecule has 3 nitrogen and oxygen atoms in total. The van der Waals surface area contributed by atoms with Gasteiger partial charge in [-0.05, 0) is 30.2 Å². The number of ether oxygens (including phenoxy) is 1. The summed E-state index contributed by atoms with van der Waals surface area (Å²) in [5.41, 5.74) is 2.02. The molecule has 0 amide bonds. The number of rotatable bonds is 5. The van der Waals surface area contributed by atoms with Gasteiger partial charge in [0.1, 0.15) is 5.75 Å². The number of carbonyl (C=O) groups excluding carboxylic acids is 2. The topological polar surface area (TPSA) is 43.4 Å². The maximum absolute atomic E-state index is 12.3. The molecule has 2 aromatic carbocycles. The maximum atomic E-state index is 12.3. The van der Waals surface area contributed by atoms with E-state index in [4.69, 9.17) is 4.74 Å². The fraction of sp³-hybridized carbons (Fsp3) is 0.200. The van der Waals surface area contributed by atoms with Gasteiger partial charge >= 0.3 is 0 Å². The molecule has 0 aliphatic heterocycles. The SMILES string of the molecule is CCCCOc1ccc(C=C2C(=O)c3ccccc3C2=O)cc1. The highest BCUT2D eigenvalue weighted by Crippen LogP contribution is 2.28. The fourth-order valence-corrected chi connectivity index (χ4v) is 2.56. The number of hydrogen-bond donors (Lipinski definition) is 0. The molecule has 23 heavy (non-hydrogen) atoms. The van der Waals surface area contributed by atoms with Crippen LogP contribution in [0, 0.1) is 0 Å². The normalized spacial score (nSPS) is 13.2. The van der Waals surface area contributed by atoms with Crippen LogP contribution in [0.15, 0.2) is 54.1 Å². The highest BCUT2D eigenvalue weighted by Gasteiger charge is 2.32. The molecule has 0 fully saturated rings. The van der Waals surface area contributed by atoms with Crippen molar-refractivity contribution in [2.24, 2.45) is 0 Å². The highest BCUT2D eigenvalue weighted by atomic mass is 16.5. The zero-order valence-electron chi connectivity index (χ0n) is 13.0. The fourth-order valence-electron chi connectivity index (χ4n) is 2.56. The van der Waals surface area contributed by atoms with Gasteiger partial charge in [-0.2, -0.15) is 0 Å². The largest absolute Gasteiger partial charge is 0.494 e. The Morgan fingerprint density at radius 3 is 2.09 bits per heavy atom. The minimum absolute atomic E-state index is 0.200. The van der Waals surface area contributed by atoms with Crippen molar-refractivity contribution in [3.8, 4) is 5.75 Å². The second-order valence-corrected chi connectivity index (χ2v) is 5.53. The summed E-state index contributed by atoms with van der Waals surface area (Å²) >= 11 is 0. The van der Waals surface area contributed by atoms with Gasteiger partial charge in [0.2, 0.25) is 0 Å². The van der Waals surface area contributed by atoms with Crippen molar-refractivity contribution < 1.29 is 14.3 Å². The Hall–Kier alpha value is -2.68. The molecular weight excluding hydrogens is 288 g/mol. The first-order chi connectivity index (χ1) is 11.2. The molecule has 116 valence electrons. The standard InChI is InChI=1S/C20H18O3/c1-2-3-12-23-15-10-8-14(9-11-15)13-18-19(21)16-6-4-5-7-17(16)20(18)22/h4-11,13H,2-3,12H2,1H3. The zero-order chi connectivity index (χ0) is 16.2. The van der Waals surface area contributed by atoms with E-state index in [0.29, 0.717) is 17.7 Å². The van der Waals surface area contributed by atoms with Crippen LogP contribution in [0.5, 0.6) is 5.75 Å². The third kappa shape index (κ3) is 3.09. The van der Waals surface area contributed by atoms with E-state index in [0.717, 1.165) is 24.2 Å². The van der Waals surface area contributed by atoms with Crippen LogP contribution in [0.1, 0.15) is 46.0 Å². The van der Waals surface area contributed by atoms with Crippen LogP contribution in [0.3, 0.4) is 0 Å².